The number of likely N-dealkylation sites (tertiary alicyclic amines) is 1. The van der Waals surface area contributed by atoms with E-state index in [9.17, 15) is 9.59 Å². The minimum absolute atomic E-state index is 0.112. The molecule has 1 aliphatic heterocycles. The molecule has 0 radical (unpaired) electrons. The van der Waals surface area contributed by atoms with Crippen LogP contribution >= 0.6 is 0 Å². The smallest absolute Gasteiger partial charge is 0.310 e. The molecule has 0 aliphatic carbocycles. The maximum Gasteiger partial charge on any atom is 0.310 e. The molecule has 1 unspecified atom stereocenters. The summed E-state index contributed by atoms with van der Waals surface area (Å²) in [5, 5.41) is 0. The van der Waals surface area contributed by atoms with Crippen LogP contribution in [0.15, 0.2) is 12.7 Å². The first-order valence-electron chi connectivity index (χ1n) is 5.62. The van der Waals surface area contributed by atoms with Gasteiger partial charge in [0.25, 0.3) is 0 Å². The Morgan fingerprint density at radius 1 is 1.56 bits per heavy atom. The van der Waals surface area contributed by atoms with E-state index in [2.05, 4.69) is 6.58 Å². The monoisotopic (exact) mass is 225 g/mol. The first-order chi connectivity index (χ1) is 7.54. The Labute approximate surface area is 96.3 Å². The van der Waals surface area contributed by atoms with Crippen LogP contribution in [0.25, 0.3) is 0 Å². The van der Waals surface area contributed by atoms with Crippen LogP contribution in [0.5, 0.6) is 0 Å². The topological polar surface area (TPSA) is 46.6 Å². The molecule has 90 valence electrons. The van der Waals surface area contributed by atoms with Crippen molar-refractivity contribution in [1.82, 2.24) is 4.90 Å². The van der Waals surface area contributed by atoms with Crippen LogP contribution in [0.4, 0.5) is 0 Å². The van der Waals surface area contributed by atoms with Crippen molar-refractivity contribution in [3.63, 3.8) is 0 Å². The predicted octanol–water partition coefficient (Wildman–Crippen LogP) is 1.22. The normalized spacial score (nSPS) is 19.9. The molecule has 0 aromatic rings. The van der Waals surface area contributed by atoms with Crippen LogP contribution in [0, 0.1) is 11.8 Å². The summed E-state index contributed by atoms with van der Waals surface area (Å²) in [5.74, 6) is -0.119. The van der Waals surface area contributed by atoms with Gasteiger partial charge in [0.05, 0.1) is 12.5 Å². The lowest BCUT2D eigenvalue weighted by atomic mass is 10.1. The van der Waals surface area contributed by atoms with Crippen LogP contribution in [0.1, 0.15) is 20.3 Å². The molecule has 4 nitrogen and oxygen atoms in total. The van der Waals surface area contributed by atoms with E-state index in [0.29, 0.717) is 32.0 Å². The fourth-order valence-electron chi connectivity index (χ4n) is 1.65. The maximum atomic E-state index is 11.6. The third-order valence-electron chi connectivity index (χ3n) is 2.57. The summed E-state index contributed by atoms with van der Waals surface area (Å²) in [6.45, 7) is 8.94. The Morgan fingerprint density at radius 3 is 2.81 bits per heavy atom. The molecule has 1 aliphatic rings. The lowest BCUT2D eigenvalue weighted by molar-refractivity contribution is -0.149. The van der Waals surface area contributed by atoms with Crippen LogP contribution in [0.3, 0.4) is 0 Å². The standard InChI is InChI=1S/C12H19NO3/c1-4-11(14)13-6-5-10(7-13)12(15)16-8-9(2)3/h4,9-10H,1,5-8H2,2-3H3. The number of rotatable bonds is 4. The zero-order valence-electron chi connectivity index (χ0n) is 9.94. The molecule has 1 fully saturated rings. The molecule has 0 saturated carbocycles. The van der Waals surface area contributed by atoms with Gasteiger partial charge in [-0.15, -0.1) is 0 Å². The van der Waals surface area contributed by atoms with Crippen LogP contribution in [-0.2, 0) is 14.3 Å². The first-order valence-corrected chi connectivity index (χ1v) is 5.62. The minimum Gasteiger partial charge on any atom is -0.465 e. The van der Waals surface area contributed by atoms with E-state index >= 15 is 0 Å². The predicted molar refractivity (Wildman–Crippen MR) is 60.7 cm³/mol. The van der Waals surface area contributed by atoms with Crippen molar-refractivity contribution < 1.29 is 14.3 Å². The summed E-state index contributed by atoms with van der Waals surface area (Å²) in [4.78, 5) is 24.6. The van der Waals surface area contributed by atoms with Gasteiger partial charge >= 0.3 is 5.97 Å². The molecular weight excluding hydrogens is 206 g/mol. The summed E-state index contributed by atoms with van der Waals surface area (Å²) in [6, 6.07) is 0. The van der Waals surface area contributed by atoms with Gasteiger partial charge in [-0.05, 0) is 18.4 Å². The van der Waals surface area contributed by atoms with Gasteiger partial charge in [-0.25, -0.2) is 0 Å². The zero-order valence-corrected chi connectivity index (χ0v) is 9.94. The third kappa shape index (κ3) is 3.36. The molecule has 1 atom stereocenters. The van der Waals surface area contributed by atoms with E-state index in [1.54, 1.807) is 4.90 Å². The van der Waals surface area contributed by atoms with E-state index in [4.69, 9.17) is 4.74 Å². The van der Waals surface area contributed by atoms with E-state index in [-0.39, 0.29) is 17.8 Å². The number of hydrogen-bond acceptors (Lipinski definition) is 3. The molecule has 1 heterocycles. The molecule has 16 heavy (non-hydrogen) atoms. The number of amides is 1. The number of ether oxygens (including phenoxy) is 1. The van der Waals surface area contributed by atoms with Crippen molar-refractivity contribution >= 4 is 11.9 Å². The molecule has 0 aromatic heterocycles. The number of carbonyl (C=O) groups is 2. The molecule has 0 aromatic carbocycles. The Balaban J connectivity index is 2.37. The molecule has 0 bridgehead atoms. The van der Waals surface area contributed by atoms with Gasteiger partial charge in [0.15, 0.2) is 0 Å². The van der Waals surface area contributed by atoms with E-state index in [1.165, 1.54) is 6.08 Å². The van der Waals surface area contributed by atoms with Crippen molar-refractivity contribution in [1.29, 1.82) is 0 Å². The summed E-state index contributed by atoms with van der Waals surface area (Å²) in [5.41, 5.74) is 0. The Bertz CT molecular complexity index is 286. The molecule has 4 heteroatoms. The summed E-state index contributed by atoms with van der Waals surface area (Å²) in [7, 11) is 0. The molecule has 0 N–H and O–H groups in total. The van der Waals surface area contributed by atoms with Crippen LogP contribution in [-0.4, -0.2) is 36.5 Å². The van der Waals surface area contributed by atoms with Gasteiger partial charge in [0.2, 0.25) is 5.91 Å². The molecule has 0 spiro atoms. The molecule has 1 saturated heterocycles. The maximum absolute atomic E-state index is 11.6. The van der Waals surface area contributed by atoms with Gasteiger partial charge in [-0.2, -0.15) is 0 Å². The highest BCUT2D eigenvalue weighted by atomic mass is 16.5. The van der Waals surface area contributed by atoms with Crippen molar-refractivity contribution in [3.05, 3.63) is 12.7 Å². The van der Waals surface area contributed by atoms with E-state index < -0.39 is 0 Å². The van der Waals surface area contributed by atoms with Crippen molar-refractivity contribution in [2.75, 3.05) is 19.7 Å². The lowest BCUT2D eigenvalue weighted by Crippen LogP contribution is -2.29. The lowest BCUT2D eigenvalue weighted by Gasteiger charge is -2.14. The molecule has 1 rings (SSSR count). The van der Waals surface area contributed by atoms with Gasteiger partial charge in [-0.1, -0.05) is 20.4 Å². The van der Waals surface area contributed by atoms with Gasteiger partial charge in [0.1, 0.15) is 0 Å². The average molecular weight is 225 g/mol. The number of carbonyl (C=O) groups excluding carboxylic acids is 2. The summed E-state index contributed by atoms with van der Waals surface area (Å²) >= 11 is 0. The van der Waals surface area contributed by atoms with Crippen molar-refractivity contribution in [2.24, 2.45) is 11.8 Å². The highest BCUT2D eigenvalue weighted by Gasteiger charge is 2.31. The SMILES string of the molecule is C=CC(=O)N1CCC(C(=O)OCC(C)C)C1. The number of esters is 1. The fraction of sp³-hybridized carbons (Fsp3) is 0.667. The zero-order chi connectivity index (χ0) is 12.1. The highest BCUT2D eigenvalue weighted by Crippen LogP contribution is 2.18. The molecular formula is C12H19NO3. The van der Waals surface area contributed by atoms with E-state index in [0.717, 1.165) is 0 Å². The fourth-order valence-corrected chi connectivity index (χ4v) is 1.65. The summed E-state index contributed by atoms with van der Waals surface area (Å²) in [6.07, 6.45) is 1.97. The van der Waals surface area contributed by atoms with E-state index in [1.807, 2.05) is 13.8 Å². The third-order valence-corrected chi connectivity index (χ3v) is 2.57. The minimum atomic E-state index is -0.187. The Morgan fingerprint density at radius 2 is 2.25 bits per heavy atom. The number of hydrogen-bond donors (Lipinski definition) is 0. The Kier molecular flexibility index (Phi) is 4.52. The van der Waals surface area contributed by atoms with Gasteiger partial charge < -0.3 is 9.64 Å². The van der Waals surface area contributed by atoms with Gasteiger partial charge in [-0.3, -0.25) is 9.59 Å². The second kappa shape index (κ2) is 5.68. The summed E-state index contributed by atoms with van der Waals surface area (Å²) < 4.78 is 5.15. The Hall–Kier alpha value is -1.32. The average Bonchev–Trinajstić information content (AvgIpc) is 2.74. The number of nitrogens with zero attached hydrogens (tertiary/aromatic N) is 1. The second-order valence-corrected chi connectivity index (χ2v) is 4.50. The highest BCUT2D eigenvalue weighted by molar-refractivity contribution is 5.88. The largest absolute Gasteiger partial charge is 0.465 e. The van der Waals surface area contributed by atoms with Gasteiger partial charge in [0, 0.05) is 13.1 Å². The van der Waals surface area contributed by atoms with Crippen LogP contribution in [0.2, 0.25) is 0 Å². The van der Waals surface area contributed by atoms with Crippen LogP contribution < -0.4 is 0 Å². The second-order valence-electron chi connectivity index (χ2n) is 4.50. The quantitative estimate of drug-likeness (QED) is 0.534. The first kappa shape index (κ1) is 12.7. The van der Waals surface area contributed by atoms with Crippen molar-refractivity contribution in [3.8, 4) is 0 Å². The molecule has 1 amide bonds. The van der Waals surface area contributed by atoms with Crippen molar-refractivity contribution in [2.45, 2.75) is 20.3 Å².